The van der Waals surface area contributed by atoms with E-state index in [9.17, 15) is 4.79 Å². The van der Waals surface area contributed by atoms with Crippen LogP contribution in [0.1, 0.15) is 40.0 Å². The SMILES string of the molecule is CC(C)(C)OC(=O)N1C[C@@H]2C[C@H]1CN2C1C=C(C#N)CC1. The Morgan fingerprint density at radius 2 is 2.14 bits per heavy atom. The average Bonchev–Trinajstić information content (AvgIpc) is 3.10. The van der Waals surface area contributed by atoms with E-state index in [1.54, 1.807) is 0 Å². The van der Waals surface area contributed by atoms with Gasteiger partial charge in [-0.25, -0.2) is 4.79 Å². The van der Waals surface area contributed by atoms with Crippen LogP contribution >= 0.6 is 0 Å². The molecule has 21 heavy (non-hydrogen) atoms. The summed E-state index contributed by atoms with van der Waals surface area (Å²) in [6, 6.07) is 3.34. The summed E-state index contributed by atoms with van der Waals surface area (Å²) in [5.74, 6) is 0. The van der Waals surface area contributed by atoms with Crippen LogP contribution < -0.4 is 0 Å². The van der Waals surface area contributed by atoms with Gasteiger partial charge < -0.3 is 9.64 Å². The number of rotatable bonds is 1. The number of piperazine rings is 1. The van der Waals surface area contributed by atoms with Crippen LogP contribution in [0.4, 0.5) is 4.79 Å². The Morgan fingerprint density at radius 1 is 1.38 bits per heavy atom. The predicted molar refractivity (Wildman–Crippen MR) is 78.6 cm³/mol. The van der Waals surface area contributed by atoms with Crippen molar-refractivity contribution in [2.75, 3.05) is 13.1 Å². The molecule has 5 nitrogen and oxygen atoms in total. The average molecular weight is 289 g/mol. The van der Waals surface area contributed by atoms with E-state index in [2.05, 4.69) is 17.0 Å². The second-order valence-corrected chi connectivity index (χ2v) is 7.28. The lowest BCUT2D eigenvalue weighted by Crippen LogP contribution is -2.52. The minimum absolute atomic E-state index is 0.186. The number of hydrogen-bond acceptors (Lipinski definition) is 4. The molecule has 3 aliphatic rings. The van der Waals surface area contributed by atoms with E-state index in [1.165, 1.54) is 0 Å². The molecule has 2 saturated heterocycles. The van der Waals surface area contributed by atoms with Gasteiger partial charge in [0.15, 0.2) is 0 Å². The molecule has 0 N–H and O–H groups in total. The smallest absolute Gasteiger partial charge is 0.410 e. The Balaban J connectivity index is 1.61. The number of carbonyl (C=O) groups is 1. The third-order valence-electron chi connectivity index (χ3n) is 4.58. The van der Waals surface area contributed by atoms with Gasteiger partial charge in [0.2, 0.25) is 0 Å². The Bertz CT molecular complexity index is 515. The fourth-order valence-corrected chi connectivity index (χ4v) is 3.71. The summed E-state index contributed by atoms with van der Waals surface area (Å²) < 4.78 is 5.48. The van der Waals surface area contributed by atoms with Crippen molar-refractivity contribution in [1.29, 1.82) is 5.26 Å². The molecule has 114 valence electrons. The van der Waals surface area contributed by atoms with Gasteiger partial charge in [0.1, 0.15) is 5.60 Å². The molecule has 0 aromatic rings. The van der Waals surface area contributed by atoms with Gasteiger partial charge in [-0.1, -0.05) is 6.08 Å². The van der Waals surface area contributed by atoms with Gasteiger partial charge in [-0.15, -0.1) is 0 Å². The van der Waals surface area contributed by atoms with E-state index >= 15 is 0 Å². The van der Waals surface area contributed by atoms with Crippen LogP contribution in [-0.2, 0) is 4.74 Å². The van der Waals surface area contributed by atoms with Crippen molar-refractivity contribution >= 4 is 6.09 Å². The van der Waals surface area contributed by atoms with Crippen LogP contribution in [-0.4, -0.2) is 52.7 Å². The molecule has 2 heterocycles. The number of nitrogens with zero attached hydrogens (tertiary/aromatic N) is 3. The van der Waals surface area contributed by atoms with Crippen LogP contribution in [0.3, 0.4) is 0 Å². The summed E-state index contributed by atoms with van der Waals surface area (Å²) in [4.78, 5) is 16.6. The molecular weight excluding hydrogens is 266 g/mol. The van der Waals surface area contributed by atoms with Gasteiger partial charge in [-0.2, -0.15) is 5.26 Å². The first-order valence-electron chi connectivity index (χ1n) is 7.73. The van der Waals surface area contributed by atoms with Crippen molar-refractivity contribution in [2.24, 2.45) is 0 Å². The Kier molecular flexibility index (Phi) is 3.45. The molecule has 0 spiro atoms. The van der Waals surface area contributed by atoms with E-state index in [1.807, 2.05) is 25.7 Å². The Hall–Kier alpha value is -1.54. The van der Waals surface area contributed by atoms with Gasteiger partial charge in [-0.05, 0) is 40.0 Å². The predicted octanol–water partition coefficient (Wildman–Crippen LogP) is 2.29. The molecule has 1 aliphatic carbocycles. The molecule has 0 aromatic heterocycles. The lowest BCUT2D eigenvalue weighted by Gasteiger charge is -2.37. The first kappa shape index (κ1) is 14.4. The second kappa shape index (κ2) is 5.03. The van der Waals surface area contributed by atoms with E-state index in [-0.39, 0.29) is 12.1 Å². The number of amides is 1. The van der Waals surface area contributed by atoms with Crippen molar-refractivity contribution in [3.05, 3.63) is 11.6 Å². The van der Waals surface area contributed by atoms with Crippen LogP contribution in [0.15, 0.2) is 11.6 Å². The number of hydrogen-bond donors (Lipinski definition) is 0. The zero-order valence-electron chi connectivity index (χ0n) is 13.0. The number of nitriles is 1. The number of fused-ring (bicyclic) bond motifs is 2. The summed E-state index contributed by atoms with van der Waals surface area (Å²) in [6.07, 6.45) is 4.89. The molecule has 2 aliphatic heterocycles. The number of ether oxygens (including phenoxy) is 1. The van der Waals surface area contributed by atoms with Crippen molar-refractivity contribution in [3.63, 3.8) is 0 Å². The van der Waals surface area contributed by atoms with Crippen molar-refractivity contribution in [2.45, 2.75) is 63.8 Å². The third kappa shape index (κ3) is 2.77. The van der Waals surface area contributed by atoms with Crippen molar-refractivity contribution < 1.29 is 9.53 Å². The normalized spacial score (nSPS) is 32.2. The van der Waals surface area contributed by atoms with Crippen LogP contribution in [0.2, 0.25) is 0 Å². The third-order valence-corrected chi connectivity index (χ3v) is 4.58. The van der Waals surface area contributed by atoms with E-state index in [0.29, 0.717) is 12.1 Å². The topological polar surface area (TPSA) is 56.6 Å². The first-order chi connectivity index (χ1) is 9.87. The minimum atomic E-state index is -0.436. The maximum Gasteiger partial charge on any atom is 0.410 e. The van der Waals surface area contributed by atoms with Gasteiger partial charge >= 0.3 is 6.09 Å². The highest BCUT2D eigenvalue weighted by Crippen LogP contribution is 2.36. The summed E-state index contributed by atoms with van der Waals surface area (Å²) >= 11 is 0. The Labute approximate surface area is 126 Å². The molecule has 5 heteroatoms. The van der Waals surface area contributed by atoms with E-state index < -0.39 is 5.60 Å². The van der Waals surface area contributed by atoms with Gasteiger partial charge in [0.25, 0.3) is 0 Å². The second-order valence-electron chi connectivity index (χ2n) is 7.28. The van der Waals surface area contributed by atoms with Gasteiger partial charge in [0.05, 0.1) is 6.07 Å². The summed E-state index contributed by atoms with van der Waals surface area (Å²) in [5.41, 5.74) is 0.473. The lowest BCUT2D eigenvalue weighted by atomic mass is 10.2. The summed E-state index contributed by atoms with van der Waals surface area (Å²) in [5, 5.41) is 8.98. The zero-order valence-corrected chi connectivity index (χ0v) is 13.0. The molecule has 0 aromatic carbocycles. The fourth-order valence-electron chi connectivity index (χ4n) is 3.71. The van der Waals surface area contributed by atoms with Gasteiger partial charge in [0, 0.05) is 36.8 Å². The molecule has 2 fully saturated rings. The molecule has 3 atom stereocenters. The largest absolute Gasteiger partial charge is 0.444 e. The monoisotopic (exact) mass is 289 g/mol. The molecule has 1 unspecified atom stereocenters. The molecule has 0 radical (unpaired) electrons. The van der Waals surface area contributed by atoms with Gasteiger partial charge in [-0.3, -0.25) is 4.90 Å². The molecule has 0 saturated carbocycles. The van der Waals surface area contributed by atoms with Crippen LogP contribution in [0, 0.1) is 11.3 Å². The number of carbonyl (C=O) groups excluding carboxylic acids is 1. The highest BCUT2D eigenvalue weighted by atomic mass is 16.6. The summed E-state index contributed by atoms with van der Waals surface area (Å²) in [7, 11) is 0. The lowest BCUT2D eigenvalue weighted by molar-refractivity contribution is 0.0108. The maximum atomic E-state index is 12.2. The molecular formula is C16H23N3O2. The maximum absolute atomic E-state index is 12.2. The summed E-state index contributed by atoms with van der Waals surface area (Å²) in [6.45, 7) is 7.37. The number of likely N-dealkylation sites (tertiary alicyclic amines) is 2. The minimum Gasteiger partial charge on any atom is -0.444 e. The van der Waals surface area contributed by atoms with Crippen LogP contribution in [0.25, 0.3) is 0 Å². The highest BCUT2D eigenvalue weighted by Gasteiger charge is 2.48. The van der Waals surface area contributed by atoms with Crippen molar-refractivity contribution in [3.8, 4) is 6.07 Å². The standard InChI is InChI=1S/C16H23N3O2/c1-16(2,3)21-15(20)19-10-13-7-14(19)9-18(13)12-5-4-11(6-12)8-17/h6,12-14H,4-5,7,9-10H2,1-3H3/t12?,13-,14-/m0/s1. The highest BCUT2D eigenvalue weighted by molar-refractivity contribution is 5.69. The van der Waals surface area contributed by atoms with Crippen molar-refractivity contribution in [1.82, 2.24) is 9.80 Å². The Morgan fingerprint density at radius 3 is 2.67 bits per heavy atom. The molecule has 2 bridgehead atoms. The molecule has 3 rings (SSSR count). The molecule has 1 amide bonds. The van der Waals surface area contributed by atoms with E-state index in [0.717, 1.165) is 37.9 Å². The quantitative estimate of drug-likeness (QED) is 0.743. The fraction of sp³-hybridized carbons (Fsp3) is 0.750. The number of allylic oxidation sites excluding steroid dienone is 1. The zero-order chi connectivity index (χ0) is 15.2. The van der Waals surface area contributed by atoms with Crippen LogP contribution in [0.5, 0.6) is 0 Å². The first-order valence-corrected chi connectivity index (χ1v) is 7.73. The van der Waals surface area contributed by atoms with E-state index in [4.69, 9.17) is 10.00 Å².